The second-order valence-electron chi connectivity index (χ2n) is 4.47. The second kappa shape index (κ2) is 4.25. The first-order valence-corrected chi connectivity index (χ1v) is 5.35. The van der Waals surface area contributed by atoms with E-state index in [-0.39, 0.29) is 25.0 Å². The van der Waals surface area contributed by atoms with Crippen LogP contribution in [0.25, 0.3) is 0 Å². The predicted octanol–water partition coefficient (Wildman–Crippen LogP) is -0.919. The van der Waals surface area contributed by atoms with Crippen LogP contribution in [0.5, 0.6) is 0 Å². The summed E-state index contributed by atoms with van der Waals surface area (Å²) in [5, 5.41) is 28.2. The normalized spacial score (nSPS) is 31.4. The van der Waals surface area contributed by atoms with E-state index in [1.165, 1.54) is 0 Å². The Labute approximate surface area is 96.9 Å². The molecule has 2 heterocycles. The van der Waals surface area contributed by atoms with E-state index >= 15 is 0 Å². The van der Waals surface area contributed by atoms with Crippen LogP contribution in [0.2, 0.25) is 0 Å². The highest BCUT2D eigenvalue weighted by atomic mass is 16.6. The fourth-order valence-corrected chi connectivity index (χ4v) is 1.88. The molecule has 96 valence electrons. The maximum absolute atomic E-state index is 11.1. The first kappa shape index (κ1) is 12.3. The van der Waals surface area contributed by atoms with Gasteiger partial charge >= 0.3 is 11.9 Å². The third-order valence-corrected chi connectivity index (χ3v) is 3.09. The second-order valence-corrected chi connectivity index (χ2v) is 4.47. The summed E-state index contributed by atoms with van der Waals surface area (Å²) in [6.07, 6.45) is -0.822. The zero-order valence-electron chi connectivity index (χ0n) is 9.04. The lowest BCUT2D eigenvalue weighted by Gasteiger charge is -2.28. The number of carboxylic acid groups (broad SMARTS) is 2. The van der Waals surface area contributed by atoms with Gasteiger partial charge in [-0.1, -0.05) is 0 Å². The Bertz CT molecular complexity index is 334. The topological polar surface area (TPSA) is 120 Å². The number of rotatable bonds is 7. The number of ether oxygens (including phenoxy) is 2. The zero-order valence-corrected chi connectivity index (χ0v) is 9.04. The minimum atomic E-state index is -2.29. The summed E-state index contributed by atoms with van der Waals surface area (Å²) in [4.78, 5) is 22.2. The number of carboxylic acids is 2. The van der Waals surface area contributed by atoms with Crippen molar-refractivity contribution < 1.29 is 34.4 Å². The molecule has 2 saturated heterocycles. The zero-order chi connectivity index (χ0) is 12.6. The molecule has 7 nitrogen and oxygen atoms in total. The Hall–Kier alpha value is -1.18. The van der Waals surface area contributed by atoms with Crippen LogP contribution in [0.3, 0.4) is 0 Å². The SMILES string of the molecule is O=C(O)C(CC1CO1)C(O)(CC1CO1)C(=O)O. The summed E-state index contributed by atoms with van der Waals surface area (Å²) in [7, 11) is 0. The largest absolute Gasteiger partial charge is 0.481 e. The molecule has 0 bridgehead atoms. The summed E-state index contributed by atoms with van der Waals surface area (Å²) in [6, 6.07) is 0. The van der Waals surface area contributed by atoms with Crippen LogP contribution < -0.4 is 0 Å². The fraction of sp³-hybridized carbons (Fsp3) is 0.800. The Morgan fingerprint density at radius 2 is 1.76 bits per heavy atom. The van der Waals surface area contributed by atoms with Gasteiger partial charge in [0, 0.05) is 6.42 Å². The van der Waals surface area contributed by atoms with Gasteiger partial charge in [-0.3, -0.25) is 4.79 Å². The first-order valence-electron chi connectivity index (χ1n) is 5.35. The molecule has 0 saturated carbocycles. The Morgan fingerprint density at radius 3 is 2.12 bits per heavy atom. The molecule has 2 aliphatic rings. The maximum Gasteiger partial charge on any atom is 0.336 e. The summed E-state index contributed by atoms with van der Waals surface area (Å²) >= 11 is 0. The lowest BCUT2D eigenvalue weighted by molar-refractivity contribution is -0.176. The van der Waals surface area contributed by atoms with Crippen LogP contribution in [0, 0.1) is 5.92 Å². The van der Waals surface area contributed by atoms with Gasteiger partial charge in [0.05, 0.1) is 31.3 Å². The average molecular weight is 246 g/mol. The number of hydrogen-bond donors (Lipinski definition) is 3. The lowest BCUT2D eigenvalue weighted by Crippen LogP contribution is -2.50. The lowest BCUT2D eigenvalue weighted by atomic mass is 9.80. The van der Waals surface area contributed by atoms with Crippen molar-refractivity contribution in [3.8, 4) is 0 Å². The van der Waals surface area contributed by atoms with Gasteiger partial charge < -0.3 is 24.8 Å². The molecular formula is C10H14O7. The van der Waals surface area contributed by atoms with Crippen molar-refractivity contribution in [1.29, 1.82) is 0 Å². The fourth-order valence-electron chi connectivity index (χ4n) is 1.88. The highest BCUT2D eigenvalue weighted by Gasteiger charge is 2.53. The van der Waals surface area contributed by atoms with Gasteiger partial charge in [-0.2, -0.15) is 0 Å². The molecule has 7 heteroatoms. The van der Waals surface area contributed by atoms with Crippen molar-refractivity contribution >= 4 is 11.9 Å². The number of epoxide rings is 2. The molecule has 2 rings (SSSR count). The number of hydrogen-bond acceptors (Lipinski definition) is 5. The predicted molar refractivity (Wildman–Crippen MR) is 52.4 cm³/mol. The number of aliphatic hydroxyl groups is 1. The van der Waals surface area contributed by atoms with Crippen LogP contribution >= 0.6 is 0 Å². The van der Waals surface area contributed by atoms with Gasteiger partial charge in [0.15, 0.2) is 5.60 Å². The Morgan fingerprint density at radius 1 is 1.24 bits per heavy atom. The first-order chi connectivity index (χ1) is 7.93. The van der Waals surface area contributed by atoms with Gasteiger partial charge in [-0.25, -0.2) is 4.79 Å². The standard InChI is InChI=1S/C10H14O7/c11-8(12)7(1-5-3-16-5)10(15,9(13)14)2-6-4-17-6/h5-7,15H,1-4H2,(H,11,12)(H,13,14). The Kier molecular flexibility index (Phi) is 3.07. The molecule has 0 radical (unpaired) electrons. The highest BCUT2D eigenvalue weighted by Crippen LogP contribution is 2.34. The molecule has 2 aliphatic heterocycles. The minimum Gasteiger partial charge on any atom is -0.481 e. The molecule has 0 aromatic rings. The van der Waals surface area contributed by atoms with Crippen molar-refractivity contribution in [3.63, 3.8) is 0 Å². The summed E-state index contributed by atoms with van der Waals surface area (Å²) in [6.45, 7) is 0.779. The van der Waals surface area contributed by atoms with Crippen LogP contribution in [0.1, 0.15) is 12.8 Å². The van der Waals surface area contributed by atoms with Crippen LogP contribution in [-0.4, -0.2) is 58.3 Å². The van der Waals surface area contributed by atoms with E-state index in [1.807, 2.05) is 0 Å². The molecule has 2 fully saturated rings. The average Bonchev–Trinajstić information content (AvgIpc) is 3.08. The quantitative estimate of drug-likeness (QED) is 0.497. The monoisotopic (exact) mass is 246 g/mol. The van der Waals surface area contributed by atoms with Gasteiger partial charge in [0.2, 0.25) is 0 Å². The molecule has 17 heavy (non-hydrogen) atoms. The highest BCUT2D eigenvalue weighted by molar-refractivity contribution is 5.85. The van der Waals surface area contributed by atoms with Crippen molar-refractivity contribution in [2.45, 2.75) is 30.7 Å². The molecule has 3 N–H and O–H groups in total. The molecule has 0 aromatic heterocycles. The molecule has 4 atom stereocenters. The van der Waals surface area contributed by atoms with Gasteiger partial charge in [0.1, 0.15) is 0 Å². The van der Waals surface area contributed by atoms with Crippen LogP contribution in [0.15, 0.2) is 0 Å². The van der Waals surface area contributed by atoms with E-state index in [9.17, 15) is 14.7 Å². The van der Waals surface area contributed by atoms with Gasteiger partial charge in [-0.15, -0.1) is 0 Å². The van der Waals surface area contributed by atoms with E-state index < -0.39 is 23.5 Å². The molecule has 0 aromatic carbocycles. The molecule has 4 unspecified atom stereocenters. The van der Waals surface area contributed by atoms with Crippen molar-refractivity contribution in [2.24, 2.45) is 5.92 Å². The van der Waals surface area contributed by atoms with E-state index in [2.05, 4.69) is 0 Å². The van der Waals surface area contributed by atoms with E-state index in [4.69, 9.17) is 19.7 Å². The maximum atomic E-state index is 11.1. The minimum absolute atomic E-state index is 0.00481. The number of carbonyl (C=O) groups is 2. The van der Waals surface area contributed by atoms with E-state index in [1.54, 1.807) is 0 Å². The van der Waals surface area contributed by atoms with E-state index in [0.717, 1.165) is 0 Å². The number of aliphatic carboxylic acids is 2. The molecule has 0 amide bonds. The smallest absolute Gasteiger partial charge is 0.336 e. The van der Waals surface area contributed by atoms with E-state index in [0.29, 0.717) is 13.2 Å². The van der Waals surface area contributed by atoms with Crippen LogP contribution in [-0.2, 0) is 19.1 Å². The Balaban J connectivity index is 2.13. The third-order valence-electron chi connectivity index (χ3n) is 3.09. The van der Waals surface area contributed by atoms with Gasteiger partial charge in [0.25, 0.3) is 0 Å². The van der Waals surface area contributed by atoms with Crippen molar-refractivity contribution in [1.82, 2.24) is 0 Å². The summed E-state index contributed by atoms with van der Waals surface area (Å²) < 4.78 is 9.74. The van der Waals surface area contributed by atoms with Crippen molar-refractivity contribution in [2.75, 3.05) is 13.2 Å². The summed E-state index contributed by atoms with van der Waals surface area (Å²) in [5.41, 5.74) is -2.29. The molecular weight excluding hydrogens is 232 g/mol. The van der Waals surface area contributed by atoms with Crippen LogP contribution in [0.4, 0.5) is 0 Å². The summed E-state index contributed by atoms with van der Waals surface area (Å²) in [5.74, 6) is -4.23. The molecule has 0 aliphatic carbocycles. The molecule has 0 spiro atoms. The van der Waals surface area contributed by atoms with Gasteiger partial charge in [-0.05, 0) is 6.42 Å². The van der Waals surface area contributed by atoms with Crippen molar-refractivity contribution in [3.05, 3.63) is 0 Å². The third kappa shape index (κ3) is 2.74.